The van der Waals surface area contributed by atoms with E-state index in [9.17, 15) is 14.4 Å². The number of hydrogen-bond acceptors (Lipinski definition) is 3. The summed E-state index contributed by atoms with van der Waals surface area (Å²) < 4.78 is 0. The van der Waals surface area contributed by atoms with Crippen molar-refractivity contribution in [2.75, 3.05) is 4.90 Å². The smallest absolute Gasteiger partial charge is 0.269 e. The monoisotopic (exact) mass is 246 g/mol. The maximum atomic E-state index is 11.7. The third-order valence-electron chi connectivity index (χ3n) is 3.36. The van der Waals surface area contributed by atoms with Gasteiger partial charge in [0.2, 0.25) is 0 Å². The van der Waals surface area contributed by atoms with E-state index in [0.717, 1.165) is 27.2 Å². The van der Waals surface area contributed by atoms with Crippen molar-refractivity contribution in [2.45, 2.75) is 27.7 Å². The molecule has 0 radical (unpaired) electrons. The summed E-state index contributed by atoms with van der Waals surface area (Å²) in [6, 6.07) is 1.22. The number of imide groups is 2. The van der Waals surface area contributed by atoms with Crippen molar-refractivity contribution in [3.8, 4) is 0 Å². The van der Waals surface area contributed by atoms with Crippen molar-refractivity contribution < 1.29 is 14.4 Å². The molecule has 4 amide bonds. The SMILES string of the molecule is Cc1cc(C)c(N2C(=O)NC(=O)C2=O)c(C)c1C. The highest BCUT2D eigenvalue weighted by Gasteiger charge is 2.39. The summed E-state index contributed by atoms with van der Waals surface area (Å²) in [7, 11) is 0. The molecular formula is C13H14N2O3. The number of aryl methyl sites for hydroxylation is 2. The van der Waals surface area contributed by atoms with Crippen LogP contribution in [0.1, 0.15) is 22.3 Å². The van der Waals surface area contributed by atoms with E-state index in [1.807, 2.05) is 39.1 Å². The topological polar surface area (TPSA) is 66.5 Å². The normalized spacial score (nSPS) is 15.3. The maximum absolute atomic E-state index is 11.7. The molecule has 0 atom stereocenters. The molecule has 0 spiro atoms. The van der Waals surface area contributed by atoms with E-state index < -0.39 is 17.8 Å². The molecule has 1 N–H and O–H groups in total. The van der Waals surface area contributed by atoms with Crippen LogP contribution in [0.25, 0.3) is 0 Å². The Labute approximate surface area is 105 Å². The molecule has 0 saturated carbocycles. The molecule has 5 nitrogen and oxygen atoms in total. The number of amides is 4. The number of hydrogen-bond donors (Lipinski definition) is 1. The second-order valence-electron chi connectivity index (χ2n) is 4.51. The van der Waals surface area contributed by atoms with E-state index >= 15 is 0 Å². The third kappa shape index (κ3) is 1.59. The molecule has 1 fully saturated rings. The van der Waals surface area contributed by atoms with Crippen LogP contribution < -0.4 is 10.2 Å². The van der Waals surface area contributed by atoms with Crippen molar-refractivity contribution >= 4 is 23.5 Å². The lowest BCUT2D eigenvalue weighted by Gasteiger charge is -2.20. The van der Waals surface area contributed by atoms with Crippen molar-refractivity contribution in [3.63, 3.8) is 0 Å². The summed E-state index contributed by atoms with van der Waals surface area (Å²) in [5.41, 5.74) is 4.24. The molecule has 5 heteroatoms. The summed E-state index contributed by atoms with van der Waals surface area (Å²) in [5, 5.41) is 2.00. The van der Waals surface area contributed by atoms with Gasteiger partial charge < -0.3 is 0 Å². The van der Waals surface area contributed by atoms with E-state index in [2.05, 4.69) is 0 Å². The number of benzene rings is 1. The minimum atomic E-state index is -0.878. The molecule has 1 aromatic rings. The number of carbonyl (C=O) groups excluding carboxylic acids is 3. The fourth-order valence-electron chi connectivity index (χ4n) is 2.22. The van der Waals surface area contributed by atoms with Crippen LogP contribution in [0.15, 0.2) is 6.07 Å². The lowest BCUT2D eigenvalue weighted by Crippen LogP contribution is -2.32. The van der Waals surface area contributed by atoms with E-state index in [1.165, 1.54) is 0 Å². The molecule has 94 valence electrons. The van der Waals surface area contributed by atoms with Gasteiger partial charge >= 0.3 is 17.8 Å². The largest absolute Gasteiger partial charge is 0.336 e. The number of urea groups is 1. The molecule has 0 bridgehead atoms. The molecule has 18 heavy (non-hydrogen) atoms. The summed E-state index contributed by atoms with van der Waals surface area (Å²) in [5.74, 6) is -1.70. The second kappa shape index (κ2) is 3.94. The number of rotatable bonds is 1. The highest BCUT2D eigenvalue weighted by atomic mass is 16.2. The van der Waals surface area contributed by atoms with Gasteiger partial charge in [-0.25, -0.2) is 9.69 Å². The quantitative estimate of drug-likeness (QED) is 0.603. The highest BCUT2D eigenvalue weighted by Crippen LogP contribution is 2.31. The molecule has 1 aliphatic rings. The van der Waals surface area contributed by atoms with Gasteiger partial charge in [0.1, 0.15) is 0 Å². The van der Waals surface area contributed by atoms with Crippen LogP contribution in [0.5, 0.6) is 0 Å². The number of nitrogens with one attached hydrogen (secondary N) is 1. The lowest BCUT2D eigenvalue weighted by molar-refractivity contribution is -0.134. The lowest BCUT2D eigenvalue weighted by atomic mass is 9.98. The van der Waals surface area contributed by atoms with E-state index in [4.69, 9.17) is 0 Å². The Bertz CT molecular complexity index is 590. The van der Waals surface area contributed by atoms with Gasteiger partial charge in [0.05, 0.1) is 5.69 Å². The van der Waals surface area contributed by atoms with Crippen molar-refractivity contribution in [2.24, 2.45) is 0 Å². The molecular weight excluding hydrogens is 232 g/mol. The van der Waals surface area contributed by atoms with Crippen LogP contribution in [0.4, 0.5) is 10.5 Å². The van der Waals surface area contributed by atoms with Gasteiger partial charge in [0.25, 0.3) is 0 Å². The Balaban J connectivity index is 2.66. The van der Waals surface area contributed by atoms with E-state index in [1.54, 1.807) is 0 Å². The molecule has 0 aromatic heterocycles. The molecule has 1 heterocycles. The molecule has 1 aromatic carbocycles. The number of nitrogens with zero attached hydrogens (tertiary/aromatic N) is 1. The zero-order valence-electron chi connectivity index (χ0n) is 10.7. The fourth-order valence-corrected chi connectivity index (χ4v) is 2.22. The number of carbonyl (C=O) groups is 3. The predicted molar refractivity (Wildman–Crippen MR) is 66.4 cm³/mol. The Morgan fingerprint density at radius 2 is 1.56 bits per heavy atom. The van der Waals surface area contributed by atoms with Crippen LogP contribution >= 0.6 is 0 Å². The zero-order valence-corrected chi connectivity index (χ0v) is 10.7. The minimum absolute atomic E-state index is 0.506. The summed E-state index contributed by atoms with van der Waals surface area (Å²) in [6.45, 7) is 7.55. The maximum Gasteiger partial charge on any atom is 0.336 e. The minimum Gasteiger partial charge on any atom is -0.269 e. The van der Waals surface area contributed by atoms with Crippen LogP contribution in [0.3, 0.4) is 0 Å². The van der Waals surface area contributed by atoms with Gasteiger partial charge in [-0.3, -0.25) is 14.9 Å². The van der Waals surface area contributed by atoms with Gasteiger partial charge in [0.15, 0.2) is 0 Å². The van der Waals surface area contributed by atoms with Gasteiger partial charge in [0, 0.05) is 0 Å². The van der Waals surface area contributed by atoms with Gasteiger partial charge in [-0.2, -0.15) is 0 Å². The highest BCUT2D eigenvalue weighted by molar-refractivity contribution is 6.53. The summed E-state index contributed by atoms with van der Waals surface area (Å²) in [6.07, 6.45) is 0. The van der Waals surface area contributed by atoms with Gasteiger partial charge in [-0.05, 0) is 49.9 Å². The van der Waals surface area contributed by atoms with Crippen LogP contribution in [0.2, 0.25) is 0 Å². The van der Waals surface area contributed by atoms with Crippen molar-refractivity contribution in [1.29, 1.82) is 0 Å². The standard InChI is InChI=1S/C13H14N2O3/c1-6-5-7(2)10(9(4)8(6)3)15-12(17)11(16)14-13(15)18/h5H,1-4H3,(H,14,16,18). The summed E-state index contributed by atoms with van der Waals surface area (Å²) >= 11 is 0. The molecule has 1 saturated heterocycles. The summed E-state index contributed by atoms with van der Waals surface area (Å²) in [4.78, 5) is 35.5. The van der Waals surface area contributed by atoms with Gasteiger partial charge in [-0.15, -0.1) is 0 Å². The van der Waals surface area contributed by atoms with E-state index in [-0.39, 0.29) is 0 Å². The Morgan fingerprint density at radius 3 is 2.06 bits per heavy atom. The first-order valence-corrected chi connectivity index (χ1v) is 5.61. The third-order valence-corrected chi connectivity index (χ3v) is 3.36. The first kappa shape index (κ1) is 12.3. The predicted octanol–water partition coefficient (Wildman–Crippen LogP) is 1.50. The Morgan fingerprint density at radius 1 is 0.944 bits per heavy atom. The Kier molecular flexibility index (Phi) is 2.69. The average molecular weight is 246 g/mol. The van der Waals surface area contributed by atoms with Gasteiger partial charge in [-0.1, -0.05) is 6.07 Å². The fraction of sp³-hybridized carbons (Fsp3) is 0.308. The first-order valence-electron chi connectivity index (χ1n) is 5.61. The Hall–Kier alpha value is -2.17. The van der Waals surface area contributed by atoms with Crippen molar-refractivity contribution in [3.05, 3.63) is 28.3 Å². The second-order valence-corrected chi connectivity index (χ2v) is 4.51. The van der Waals surface area contributed by atoms with Crippen LogP contribution in [-0.2, 0) is 9.59 Å². The molecule has 1 aliphatic heterocycles. The zero-order chi connectivity index (χ0) is 13.6. The van der Waals surface area contributed by atoms with Crippen LogP contribution in [-0.4, -0.2) is 17.8 Å². The van der Waals surface area contributed by atoms with Crippen molar-refractivity contribution in [1.82, 2.24) is 5.32 Å². The molecule has 0 aliphatic carbocycles. The molecule has 2 rings (SSSR count). The van der Waals surface area contributed by atoms with E-state index in [0.29, 0.717) is 5.69 Å². The average Bonchev–Trinajstić information content (AvgIpc) is 2.53. The molecule has 0 unspecified atom stereocenters. The number of anilines is 1. The first-order chi connectivity index (χ1) is 8.34. The van der Waals surface area contributed by atoms with Crippen LogP contribution in [0, 0.1) is 27.7 Å².